The van der Waals surface area contributed by atoms with Gasteiger partial charge in [-0.3, -0.25) is 0 Å². The third-order valence-electron chi connectivity index (χ3n) is 4.03. The Morgan fingerprint density at radius 3 is 2.48 bits per heavy atom. The van der Waals surface area contributed by atoms with Crippen molar-refractivity contribution in [2.45, 2.75) is 40.0 Å². The molecule has 3 heteroatoms. The van der Waals surface area contributed by atoms with E-state index >= 15 is 0 Å². The number of phenolic OH excluding ortho intramolecular Hbond substituents is 1. The van der Waals surface area contributed by atoms with Crippen LogP contribution in [-0.4, -0.2) is 19.0 Å². The predicted molar refractivity (Wildman–Crippen MR) is 93.3 cm³/mol. The summed E-state index contributed by atoms with van der Waals surface area (Å²) in [6, 6.07) is 10.3. The molecule has 124 valence electrons. The number of methoxy groups -OCH3 is 1. The van der Waals surface area contributed by atoms with Gasteiger partial charge in [0, 0.05) is 7.11 Å². The number of ether oxygens (including phenoxy) is 2. The fourth-order valence-electron chi connectivity index (χ4n) is 2.74. The predicted octanol–water partition coefficient (Wildman–Crippen LogP) is 4.54. The molecule has 0 aromatic heterocycles. The lowest BCUT2D eigenvalue weighted by Gasteiger charge is -2.14. The van der Waals surface area contributed by atoms with Crippen LogP contribution in [0.1, 0.15) is 41.2 Å². The van der Waals surface area contributed by atoms with E-state index in [2.05, 4.69) is 25.1 Å². The number of hydrogen-bond acceptors (Lipinski definition) is 3. The molecule has 0 amide bonds. The second-order valence-electron chi connectivity index (χ2n) is 5.98. The highest BCUT2D eigenvalue weighted by atomic mass is 16.7. The molecule has 0 aliphatic carbocycles. The number of aryl methyl sites for hydroxylation is 3. The van der Waals surface area contributed by atoms with Crippen molar-refractivity contribution in [2.75, 3.05) is 13.9 Å². The Bertz CT molecular complexity index is 662. The summed E-state index contributed by atoms with van der Waals surface area (Å²) in [7, 11) is 1.63. The van der Waals surface area contributed by atoms with Crippen LogP contribution in [0.4, 0.5) is 0 Å². The minimum atomic E-state index is 0.270. The van der Waals surface area contributed by atoms with Crippen LogP contribution < -0.4 is 4.74 Å². The number of phenols is 1. The molecule has 0 bridgehead atoms. The molecule has 0 saturated carbocycles. The van der Waals surface area contributed by atoms with Crippen molar-refractivity contribution in [3.8, 4) is 11.5 Å². The van der Waals surface area contributed by atoms with E-state index < -0.39 is 0 Å². The Balaban J connectivity index is 2.26. The van der Waals surface area contributed by atoms with Crippen LogP contribution in [0.3, 0.4) is 0 Å². The van der Waals surface area contributed by atoms with Crippen molar-refractivity contribution in [3.63, 3.8) is 0 Å². The fraction of sp³-hybridized carbons (Fsp3) is 0.400. The van der Waals surface area contributed by atoms with Gasteiger partial charge >= 0.3 is 0 Å². The summed E-state index contributed by atoms with van der Waals surface area (Å²) in [5.74, 6) is 1.26. The minimum Gasteiger partial charge on any atom is -0.508 e. The van der Waals surface area contributed by atoms with Crippen molar-refractivity contribution < 1.29 is 14.6 Å². The number of benzene rings is 2. The van der Waals surface area contributed by atoms with Gasteiger partial charge in [0.05, 0.1) is 0 Å². The van der Waals surface area contributed by atoms with Crippen LogP contribution in [0, 0.1) is 13.8 Å². The van der Waals surface area contributed by atoms with Gasteiger partial charge in [0.25, 0.3) is 0 Å². The quantitative estimate of drug-likeness (QED) is 0.763. The standard InChI is InChI=1S/C20H26O3/c1-5-6-17-11-16(7-8-20(17)23-13-22-4)12-18-9-15(3)19(21)10-14(18)2/h7-11,21H,5-6,12-13H2,1-4H3. The Kier molecular flexibility index (Phi) is 6.05. The first-order valence-corrected chi connectivity index (χ1v) is 8.07. The summed E-state index contributed by atoms with van der Waals surface area (Å²) < 4.78 is 10.6. The van der Waals surface area contributed by atoms with Gasteiger partial charge in [-0.05, 0) is 66.6 Å². The Labute approximate surface area is 138 Å². The van der Waals surface area contributed by atoms with Crippen molar-refractivity contribution in [1.29, 1.82) is 0 Å². The molecule has 3 nitrogen and oxygen atoms in total. The molecule has 1 N–H and O–H groups in total. The Morgan fingerprint density at radius 1 is 1.00 bits per heavy atom. The monoisotopic (exact) mass is 314 g/mol. The van der Waals surface area contributed by atoms with Gasteiger partial charge in [-0.15, -0.1) is 0 Å². The SMILES string of the molecule is CCCc1cc(Cc2cc(C)c(O)cc2C)ccc1OCOC. The van der Waals surface area contributed by atoms with Crippen molar-refractivity contribution in [3.05, 3.63) is 58.1 Å². The third kappa shape index (κ3) is 4.49. The highest BCUT2D eigenvalue weighted by Gasteiger charge is 2.08. The first-order chi connectivity index (χ1) is 11.0. The highest BCUT2D eigenvalue weighted by Crippen LogP contribution is 2.26. The lowest BCUT2D eigenvalue weighted by Crippen LogP contribution is -2.03. The zero-order valence-electron chi connectivity index (χ0n) is 14.5. The highest BCUT2D eigenvalue weighted by molar-refractivity contribution is 5.44. The third-order valence-corrected chi connectivity index (χ3v) is 4.03. The van der Waals surface area contributed by atoms with E-state index in [4.69, 9.17) is 9.47 Å². The molecule has 0 aliphatic rings. The summed E-state index contributed by atoms with van der Waals surface area (Å²) in [4.78, 5) is 0. The van der Waals surface area contributed by atoms with Gasteiger partial charge in [-0.2, -0.15) is 0 Å². The second kappa shape index (κ2) is 8.02. The van der Waals surface area contributed by atoms with Gasteiger partial charge in [0.15, 0.2) is 6.79 Å². The lowest BCUT2D eigenvalue weighted by atomic mass is 9.96. The van der Waals surface area contributed by atoms with Crippen LogP contribution >= 0.6 is 0 Å². The lowest BCUT2D eigenvalue weighted by molar-refractivity contribution is 0.0504. The van der Waals surface area contributed by atoms with Gasteiger partial charge in [0.1, 0.15) is 11.5 Å². The Morgan fingerprint density at radius 2 is 1.78 bits per heavy atom. The van der Waals surface area contributed by atoms with E-state index in [1.54, 1.807) is 7.11 Å². The van der Waals surface area contributed by atoms with Gasteiger partial charge < -0.3 is 14.6 Å². The maximum absolute atomic E-state index is 9.80. The van der Waals surface area contributed by atoms with Crippen LogP contribution in [0.15, 0.2) is 30.3 Å². The average Bonchev–Trinajstić information content (AvgIpc) is 2.52. The first kappa shape index (κ1) is 17.4. The normalized spacial score (nSPS) is 10.8. The summed E-state index contributed by atoms with van der Waals surface area (Å²) >= 11 is 0. The van der Waals surface area contributed by atoms with E-state index in [0.717, 1.165) is 36.1 Å². The van der Waals surface area contributed by atoms with Crippen molar-refractivity contribution in [1.82, 2.24) is 0 Å². The molecule has 0 unspecified atom stereocenters. The van der Waals surface area contributed by atoms with Crippen LogP contribution in [0.5, 0.6) is 11.5 Å². The van der Waals surface area contributed by atoms with Crippen molar-refractivity contribution >= 4 is 0 Å². The molecular weight excluding hydrogens is 288 g/mol. The smallest absolute Gasteiger partial charge is 0.188 e. The van der Waals surface area contributed by atoms with Crippen molar-refractivity contribution in [2.24, 2.45) is 0 Å². The zero-order chi connectivity index (χ0) is 16.8. The van der Waals surface area contributed by atoms with E-state index in [0.29, 0.717) is 5.75 Å². The number of rotatable bonds is 7. The van der Waals surface area contributed by atoms with Gasteiger partial charge in [-0.25, -0.2) is 0 Å². The minimum absolute atomic E-state index is 0.270. The summed E-state index contributed by atoms with van der Waals surface area (Å²) in [5.41, 5.74) is 5.75. The number of aromatic hydroxyl groups is 1. The van der Waals surface area contributed by atoms with E-state index in [-0.39, 0.29) is 6.79 Å². The van der Waals surface area contributed by atoms with Gasteiger partial charge in [-0.1, -0.05) is 31.5 Å². The molecule has 0 heterocycles. The molecule has 0 radical (unpaired) electrons. The van der Waals surface area contributed by atoms with Crippen LogP contribution in [0.25, 0.3) is 0 Å². The topological polar surface area (TPSA) is 38.7 Å². The summed E-state index contributed by atoms with van der Waals surface area (Å²) in [5, 5.41) is 9.80. The maximum Gasteiger partial charge on any atom is 0.188 e. The zero-order valence-corrected chi connectivity index (χ0v) is 14.5. The summed E-state index contributed by atoms with van der Waals surface area (Å²) in [6.07, 6.45) is 2.92. The molecule has 2 aromatic carbocycles. The Hall–Kier alpha value is -2.00. The average molecular weight is 314 g/mol. The largest absolute Gasteiger partial charge is 0.508 e. The molecule has 0 spiro atoms. The fourth-order valence-corrected chi connectivity index (χ4v) is 2.74. The molecule has 2 aromatic rings. The second-order valence-corrected chi connectivity index (χ2v) is 5.98. The molecule has 0 aliphatic heterocycles. The number of hydrogen-bond donors (Lipinski definition) is 1. The van der Waals surface area contributed by atoms with Crippen LogP contribution in [0.2, 0.25) is 0 Å². The maximum atomic E-state index is 9.80. The van der Waals surface area contributed by atoms with E-state index in [1.165, 1.54) is 16.7 Å². The van der Waals surface area contributed by atoms with Gasteiger partial charge in [0.2, 0.25) is 0 Å². The molecule has 0 saturated heterocycles. The van der Waals surface area contributed by atoms with E-state index in [1.807, 2.05) is 26.0 Å². The molecule has 0 atom stereocenters. The van der Waals surface area contributed by atoms with Crippen LogP contribution in [-0.2, 0) is 17.6 Å². The first-order valence-electron chi connectivity index (χ1n) is 8.07. The molecular formula is C20H26O3. The summed E-state index contributed by atoms with van der Waals surface area (Å²) in [6.45, 7) is 6.41. The molecule has 0 fully saturated rings. The molecule has 2 rings (SSSR count). The van der Waals surface area contributed by atoms with E-state index in [9.17, 15) is 5.11 Å². The molecule has 23 heavy (non-hydrogen) atoms.